The van der Waals surface area contributed by atoms with Crippen LogP contribution in [0.1, 0.15) is 52.0 Å². The third-order valence-electron chi connectivity index (χ3n) is 5.59. The van der Waals surface area contributed by atoms with E-state index in [0.717, 1.165) is 5.56 Å². The first-order valence-corrected chi connectivity index (χ1v) is 11.7. The summed E-state index contributed by atoms with van der Waals surface area (Å²) in [7, 11) is 1.58. The van der Waals surface area contributed by atoms with Gasteiger partial charge < -0.3 is 18.9 Å². The normalized spacial score (nSPS) is 18.1. The molecule has 0 amide bonds. The standard InChI is InChI=1S/C28H32O7/c1-28(2,3)35-25(29)18-7-19-5-12-23(13-6-19)33-26(30)20-8-10-21(11-9-20)27(31)34-24-16-14-22(32-4)15-17-24/h5-7,12-18,20-21H,8-11H2,1-4H3/b18-7+. The van der Waals surface area contributed by atoms with E-state index in [1.54, 1.807) is 61.7 Å². The highest BCUT2D eigenvalue weighted by Crippen LogP contribution is 2.31. The van der Waals surface area contributed by atoms with Crippen LogP contribution >= 0.6 is 0 Å². The molecule has 0 atom stereocenters. The Morgan fingerprint density at radius 1 is 0.743 bits per heavy atom. The van der Waals surface area contributed by atoms with E-state index in [4.69, 9.17) is 18.9 Å². The number of ether oxygens (including phenoxy) is 4. The average molecular weight is 481 g/mol. The Kier molecular flexibility index (Phi) is 8.68. The van der Waals surface area contributed by atoms with Gasteiger partial charge in [-0.2, -0.15) is 0 Å². The minimum atomic E-state index is -0.546. The monoisotopic (exact) mass is 480 g/mol. The Morgan fingerprint density at radius 2 is 1.17 bits per heavy atom. The van der Waals surface area contributed by atoms with E-state index in [-0.39, 0.29) is 23.8 Å². The van der Waals surface area contributed by atoms with Gasteiger partial charge in [-0.1, -0.05) is 12.1 Å². The number of hydrogen-bond acceptors (Lipinski definition) is 7. The van der Waals surface area contributed by atoms with Crippen LogP contribution in [0.4, 0.5) is 0 Å². The number of esters is 3. The second-order valence-electron chi connectivity index (χ2n) is 9.50. The zero-order valence-electron chi connectivity index (χ0n) is 20.6. The van der Waals surface area contributed by atoms with Crippen LogP contribution in [0, 0.1) is 11.8 Å². The van der Waals surface area contributed by atoms with E-state index in [2.05, 4.69) is 0 Å². The van der Waals surface area contributed by atoms with E-state index in [9.17, 15) is 14.4 Å². The average Bonchev–Trinajstić information content (AvgIpc) is 2.83. The molecule has 7 nitrogen and oxygen atoms in total. The van der Waals surface area contributed by atoms with Gasteiger partial charge in [0.15, 0.2) is 0 Å². The molecule has 0 radical (unpaired) electrons. The maximum absolute atomic E-state index is 12.6. The molecule has 7 heteroatoms. The van der Waals surface area contributed by atoms with Gasteiger partial charge in [0.25, 0.3) is 0 Å². The first-order valence-electron chi connectivity index (χ1n) is 11.7. The number of benzene rings is 2. The summed E-state index contributed by atoms with van der Waals surface area (Å²) in [5.74, 6) is 0.101. The molecular formula is C28H32O7. The number of rotatable bonds is 7. The van der Waals surface area contributed by atoms with Crippen LogP contribution in [0.5, 0.6) is 17.2 Å². The van der Waals surface area contributed by atoms with Gasteiger partial charge in [0, 0.05) is 6.08 Å². The lowest BCUT2D eigenvalue weighted by atomic mass is 9.82. The molecule has 0 bridgehead atoms. The van der Waals surface area contributed by atoms with Crippen LogP contribution in [0.3, 0.4) is 0 Å². The third-order valence-corrected chi connectivity index (χ3v) is 5.59. The van der Waals surface area contributed by atoms with Crippen LogP contribution in [-0.2, 0) is 19.1 Å². The van der Waals surface area contributed by atoms with Crippen molar-refractivity contribution in [2.75, 3.05) is 7.11 Å². The molecule has 1 aliphatic carbocycles. The summed E-state index contributed by atoms with van der Waals surface area (Å²) in [5.41, 5.74) is 0.238. The maximum atomic E-state index is 12.6. The molecule has 0 saturated heterocycles. The predicted molar refractivity (Wildman–Crippen MR) is 131 cm³/mol. The molecule has 2 aromatic rings. The zero-order valence-corrected chi connectivity index (χ0v) is 20.6. The molecule has 0 aliphatic heterocycles. The SMILES string of the molecule is COc1ccc(OC(=O)C2CCC(C(=O)Oc3ccc(/C=C/C(=O)OC(C)(C)C)cc3)CC2)cc1. The van der Waals surface area contributed by atoms with E-state index >= 15 is 0 Å². The third kappa shape index (κ3) is 8.28. The predicted octanol–water partition coefficient (Wildman–Crippen LogP) is 5.37. The Hall–Kier alpha value is -3.61. The van der Waals surface area contributed by atoms with Crippen molar-refractivity contribution in [3.8, 4) is 17.2 Å². The van der Waals surface area contributed by atoms with Crippen LogP contribution in [0.25, 0.3) is 6.08 Å². The maximum Gasteiger partial charge on any atom is 0.331 e. The van der Waals surface area contributed by atoms with Crippen LogP contribution in [0.15, 0.2) is 54.6 Å². The van der Waals surface area contributed by atoms with Crippen molar-refractivity contribution in [3.05, 3.63) is 60.2 Å². The van der Waals surface area contributed by atoms with Crippen LogP contribution in [0.2, 0.25) is 0 Å². The first-order chi connectivity index (χ1) is 16.6. The highest BCUT2D eigenvalue weighted by molar-refractivity contribution is 5.87. The second-order valence-corrected chi connectivity index (χ2v) is 9.50. The Balaban J connectivity index is 1.44. The topological polar surface area (TPSA) is 88.1 Å². The highest BCUT2D eigenvalue weighted by atomic mass is 16.6. The highest BCUT2D eigenvalue weighted by Gasteiger charge is 2.32. The summed E-state index contributed by atoms with van der Waals surface area (Å²) < 4.78 is 21.3. The van der Waals surface area contributed by atoms with E-state index in [1.165, 1.54) is 6.08 Å². The molecule has 0 aromatic heterocycles. The second kappa shape index (κ2) is 11.7. The fourth-order valence-corrected chi connectivity index (χ4v) is 3.75. The summed E-state index contributed by atoms with van der Waals surface area (Å²) in [5, 5.41) is 0. The van der Waals surface area contributed by atoms with Gasteiger partial charge in [-0.05, 0) is 94.5 Å². The zero-order chi connectivity index (χ0) is 25.4. The smallest absolute Gasteiger partial charge is 0.331 e. The first kappa shape index (κ1) is 26.0. The number of methoxy groups -OCH3 is 1. The number of hydrogen-bond donors (Lipinski definition) is 0. The molecule has 1 saturated carbocycles. The Bertz CT molecular complexity index is 1040. The van der Waals surface area contributed by atoms with Crippen LogP contribution in [-0.4, -0.2) is 30.6 Å². The molecule has 2 aromatic carbocycles. The minimum Gasteiger partial charge on any atom is -0.497 e. The Morgan fingerprint density at radius 3 is 1.60 bits per heavy atom. The van der Waals surface area contributed by atoms with Gasteiger partial charge in [-0.3, -0.25) is 9.59 Å². The molecular weight excluding hydrogens is 448 g/mol. The van der Waals surface area contributed by atoms with Gasteiger partial charge in [-0.15, -0.1) is 0 Å². The molecule has 35 heavy (non-hydrogen) atoms. The molecule has 1 aliphatic rings. The van der Waals surface area contributed by atoms with Crippen molar-refractivity contribution < 1.29 is 33.3 Å². The van der Waals surface area contributed by atoms with Crippen molar-refractivity contribution in [2.45, 2.75) is 52.1 Å². The lowest BCUT2D eigenvalue weighted by molar-refractivity contribution is -0.148. The van der Waals surface area contributed by atoms with Crippen molar-refractivity contribution in [3.63, 3.8) is 0 Å². The lowest BCUT2D eigenvalue weighted by Gasteiger charge is -2.25. The minimum absolute atomic E-state index is 0.239. The molecule has 0 unspecified atom stereocenters. The lowest BCUT2D eigenvalue weighted by Crippen LogP contribution is -2.30. The van der Waals surface area contributed by atoms with Crippen LogP contribution < -0.4 is 14.2 Å². The summed E-state index contributed by atoms with van der Waals surface area (Å²) >= 11 is 0. The molecule has 0 spiro atoms. The van der Waals surface area contributed by atoms with Gasteiger partial charge >= 0.3 is 17.9 Å². The largest absolute Gasteiger partial charge is 0.497 e. The molecule has 3 rings (SSSR count). The van der Waals surface area contributed by atoms with Gasteiger partial charge in [0.1, 0.15) is 22.8 Å². The van der Waals surface area contributed by atoms with Crippen molar-refractivity contribution in [2.24, 2.45) is 11.8 Å². The van der Waals surface area contributed by atoms with E-state index < -0.39 is 11.6 Å². The number of carbonyl (C=O) groups is 3. The van der Waals surface area contributed by atoms with Crippen molar-refractivity contribution in [1.82, 2.24) is 0 Å². The Labute approximate surface area is 206 Å². The summed E-state index contributed by atoms with van der Waals surface area (Å²) in [6, 6.07) is 13.7. The van der Waals surface area contributed by atoms with E-state index in [1.807, 2.05) is 20.8 Å². The van der Waals surface area contributed by atoms with Crippen molar-refractivity contribution in [1.29, 1.82) is 0 Å². The van der Waals surface area contributed by atoms with E-state index in [0.29, 0.717) is 42.9 Å². The summed E-state index contributed by atoms with van der Waals surface area (Å²) in [6.07, 6.45) is 5.29. The number of carbonyl (C=O) groups excluding carboxylic acids is 3. The molecule has 0 heterocycles. The summed E-state index contributed by atoms with van der Waals surface area (Å²) in [6.45, 7) is 5.42. The fraction of sp³-hybridized carbons (Fsp3) is 0.393. The fourth-order valence-electron chi connectivity index (χ4n) is 3.75. The molecule has 0 N–H and O–H groups in total. The summed E-state index contributed by atoms with van der Waals surface area (Å²) in [4.78, 5) is 36.9. The molecule has 186 valence electrons. The van der Waals surface area contributed by atoms with Gasteiger partial charge in [-0.25, -0.2) is 4.79 Å². The van der Waals surface area contributed by atoms with Gasteiger partial charge in [0.05, 0.1) is 18.9 Å². The van der Waals surface area contributed by atoms with Gasteiger partial charge in [0.2, 0.25) is 0 Å². The quantitative estimate of drug-likeness (QED) is 0.299. The molecule has 1 fully saturated rings. The van der Waals surface area contributed by atoms with Crippen molar-refractivity contribution >= 4 is 24.0 Å².